The Balaban J connectivity index is 1.24. The predicted octanol–water partition coefficient (Wildman–Crippen LogP) is 9.05. The molecule has 4 rings (SSSR count). The quantitative estimate of drug-likeness (QED) is 0.191. The third-order valence-corrected chi connectivity index (χ3v) is 8.26. The molecule has 0 bridgehead atoms. The van der Waals surface area contributed by atoms with Gasteiger partial charge < -0.3 is 29.3 Å². The number of hydrogen-bond donors (Lipinski definition) is 2. The molecular weight excluding hydrogens is 548 g/mol. The van der Waals surface area contributed by atoms with Crippen molar-refractivity contribution in [2.45, 2.75) is 137 Å². The number of nitrogens with one attached hydrogen (secondary N) is 2. The third-order valence-electron chi connectivity index (χ3n) is 8.26. The number of rotatable bonds is 14. The molecule has 3 aromatic rings. The summed E-state index contributed by atoms with van der Waals surface area (Å²) >= 11 is 0. The molecule has 1 fully saturated rings. The van der Waals surface area contributed by atoms with Gasteiger partial charge >= 0.3 is 0 Å². The van der Waals surface area contributed by atoms with Crippen molar-refractivity contribution >= 4 is 11.0 Å². The highest BCUT2D eigenvalue weighted by atomic mass is 16.5. The molecule has 0 radical (unpaired) electrons. The Kier molecular flexibility index (Phi) is 10.4. The Bertz CT molecular complexity index is 1360. The van der Waals surface area contributed by atoms with Crippen LogP contribution in [0.25, 0.3) is 11.0 Å². The van der Waals surface area contributed by atoms with Crippen molar-refractivity contribution in [3.05, 3.63) is 54.3 Å². The van der Waals surface area contributed by atoms with Crippen LogP contribution in [0.4, 0.5) is 0 Å². The van der Waals surface area contributed by atoms with Gasteiger partial charge in [0.1, 0.15) is 40.8 Å². The minimum atomic E-state index is -0.0890. The first-order valence-corrected chi connectivity index (χ1v) is 16.5. The summed E-state index contributed by atoms with van der Waals surface area (Å²) in [6, 6.07) is 16.9. The van der Waals surface area contributed by atoms with Crippen LogP contribution in [-0.4, -0.2) is 42.5 Å². The van der Waals surface area contributed by atoms with E-state index in [1.807, 2.05) is 36.4 Å². The largest absolute Gasteiger partial charge is 0.493 e. The second-order valence-corrected chi connectivity index (χ2v) is 16.5. The fourth-order valence-corrected chi connectivity index (χ4v) is 5.42. The summed E-state index contributed by atoms with van der Waals surface area (Å²) in [5, 5.41) is 8.52. The number of ether oxygens (including phenoxy) is 3. The van der Waals surface area contributed by atoms with Crippen LogP contribution in [0.1, 0.15) is 108 Å². The molecule has 1 saturated carbocycles. The maximum absolute atomic E-state index is 6.42. The van der Waals surface area contributed by atoms with Crippen molar-refractivity contribution < 1.29 is 18.6 Å². The number of fused-ring (bicyclic) bond motifs is 1. The van der Waals surface area contributed by atoms with Crippen LogP contribution in [0.5, 0.6) is 17.2 Å². The zero-order chi connectivity index (χ0) is 32.3. The summed E-state index contributed by atoms with van der Waals surface area (Å²) in [6.45, 7) is 25.8. The van der Waals surface area contributed by atoms with Gasteiger partial charge in [-0.1, -0.05) is 40.7 Å². The molecule has 1 aromatic heterocycles. The highest BCUT2D eigenvalue weighted by Gasteiger charge is 2.36. The topological polar surface area (TPSA) is 64.9 Å². The Labute approximate surface area is 266 Å². The summed E-state index contributed by atoms with van der Waals surface area (Å²) in [4.78, 5) is 0. The first-order valence-electron chi connectivity index (χ1n) is 16.5. The van der Waals surface area contributed by atoms with Gasteiger partial charge in [-0.3, -0.25) is 0 Å². The second kappa shape index (κ2) is 13.3. The molecule has 1 unspecified atom stereocenters. The lowest BCUT2D eigenvalue weighted by Crippen LogP contribution is -2.54. The molecule has 2 aromatic carbocycles. The zero-order valence-corrected chi connectivity index (χ0v) is 29.2. The van der Waals surface area contributed by atoms with Gasteiger partial charge in [0.25, 0.3) is 0 Å². The molecule has 44 heavy (non-hydrogen) atoms. The van der Waals surface area contributed by atoms with Crippen molar-refractivity contribution in [3.8, 4) is 17.2 Å². The highest BCUT2D eigenvalue weighted by Crippen LogP contribution is 2.37. The van der Waals surface area contributed by atoms with Crippen molar-refractivity contribution in [2.75, 3.05) is 13.2 Å². The minimum absolute atomic E-state index is 0.0118. The van der Waals surface area contributed by atoms with E-state index in [0.29, 0.717) is 12.6 Å². The van der Waals surface area contributed by atoms with Crippen molar-refractivity contribution in [1.29, 1.82) is 0 Å². The van der Waals surface area contributed by atoms with Crippen LogP contribution in [0.2, 0.25) is 0 Å². The molecule has 0 aliphatic heterocycles. The SMILES string of the molecule is CC(CNC(C)(C)C)Oc1ccc2cc(C(C)(C)CCC(C)(C)N[C@H]3C[C@@H](Oc4cccc(OCC(C)(C)C)c4)C3)oc2c1. The lowest BCUT2D eigenvalue weighted by Gasteiger charge is -2.42. The van der Waals surface area contributed by atoms with E-state index in [4.69, 9.17) is 18.6 Å². The molecule has 1 heterocycles. The summed E-state index contributed by atoms with van der Waals surface area (Å²) in [5.41, 5.74) is 0.994. The fraction of sp³-hybridized carbons (Fsp3) is 0.632. The summed E-state index contributed by atoms with van der Waals surface area (Å²) in [6.07, 6.45) is 4.38. The van der Waals surface area contributed by atoms with Crippen molar-refractivity contribution in [1.82, 2.24) is 10.6 Å². The molecular formula is C38H58N2O4. The van der Waals surface area contributed by atoms with Gasteiger partial charge in [0.05, 0.1) is 6.61 Å². The maximum atomic E-state index is 6.42. The Morgan fingerprint density at radius 2 is 1.55 bits per heavy atom. The molecule has 1 aliphatic carbocycles. The Morgan fingerprint density at radius 1 is 0.841 bits per heavy atom. The molecule has 6 heteroatoms. The Hall–Kier alpha value is -2.70. The van der Waals surface area contributed by atoms with Crippen LogP contribution in [-0.2, 0) is 5.41 Å². The molecule has 6 nitrogen and oxygen atoms in total. The first kappa shape index (κ1) is 34.2. The lowest BCUT2D eigenvalue weighted by molar-refractivity contribution is 0.0685. The van der Waals surface area contributed by atoms with E-state index in [9.17, 15) is 0 Å². The molecule has 0 saturated heterocycles. The van der Waals surface area contributed by atoms with E-state index in [2.05, 4.69) is 98.9 Å². The number of benzene rings is 2. The molecule has 0 amide bonds. The molecule has 244 valence electrons. The van der Waals surface area contributed by atoms with E-state index in [0.717, 1.165) is 66.2 Å². The van der Waals surface area contributed by atoms with Crippen LogP contribution < -0.4 is 24.8 Å². The first-order chi connectivity index (χ1) is 20.4. The normalized spacial score (nSPS) is 18.6. The molecule has 1 aliphatic rings. The van der Waals surface area contributed by atoms with E-state index in [1.54, 1.807) is 0 Å². The van der Waals surface area contributed by atoms with Gasteiger partial charge in [-0.15, -0.1) is 0 Å². The second-order valence-electron chi connectivity index (χ2n) is 16.5. The summed E-state index contributed by atoms with van der Waals surface area (Å²) in [5.74, 6) is 3.62. The van der Waals surface area contributed by atoms with Gasteiger partial charge in [0.2, 0.25) is 0 Å². The number of furan rings is 1. The van der Waals surface area contributed by atoms with E-state index < -0.39 is 0 Å². The summed E-state index contributed by atoms with van der Waals surface area (Å²) < 4.78 is 24.8. The van der Waals surface area contributed by atoms with Crippen LogP contribution in [0, 0.1) is 5.41 Å². The van der Waals surface area contributed by atoms with Gasteiger partial charge in [-0.25, -0.2) is 0 Å². The van der Waals surface area contributed by atoms with Crippen molar-refractivity contribution in [2.24, 2.45) is 5.41 Å². The third kappa shape index (κ3) is 10.4. The summed E-state index contributed by atoms with van der Waals surface area (Å²) in [7, 11) is 0. The molecule has 0 spiro atoms. The molecule has 2 N–H and O–H groups in total. The monoisotopic (exact) mass is 606 g/mol. The van der Waals surface area contributed by atoms with Gasteiger partial charge in [-0.05, 0) is 103 Å². The molecule has 1 atom stereocenters. The Morgan fingerprint density at radius 3 is 2.23 bits per heavy atom. The minimum Gasteiger partial charge on any atom is -0.493 e. The highest BCUT2D eigenvalue weighted by molar-refractivity contribution is 5.79. The van der Waals surface area contributed by atoms with E-state index in [1.165, 1.54) is 0 Å². The fourth-order valence-electron chi connectivity index (χ4n) is 5.42. The zero-order valence-electron chi connectivity index (χ0n) is 29.2. The van der Waals surface area contributed by atoms with Crippen molar-refractivity contribution in [3.63, 3.8) is 0 Å². The predicted molar refractivity (Wildman–Crippen MR) is 182 cm³/mol. The van der Waals surface area contributed by atoms with Gasteiger partial charge in [-0.2, -0.15) is 0 Å². The average molecular weight is 607 g/mol. The van der Waals surface area contributed by atoms with Crippen LogP contribution in [0.15, 0.2) is 52.9 Å². The van der Waals surface area contributed by atoms with Crippen LogP contribution >= 0.6 is 0 Å². The smallest absolute Gasteiger partial charge is 0.137 e. The van der Waals surface area contributed by atoms with Crippen LogP contribution in [0.3, 0.4) is 0 Å². The van der Waals surface area contributed by atoms with Gasteiger partial charge in [0.15, 0.2) is 0 Å². The average Bonchev–Trinajstić information content (AvgIpc) is 3.33. The standard InChI is InChI=1S/C38H58N2O4/c1-26(24-39-36(5,6)7)42-31-16-15-27-19-34(44-33(27)23-31)37(8,9)17-18-38(10,11)40-28-20-32(21-28)43-30-14-12-13-29(22-30)41-25-35(2,3)4/h12-16,19,22-23,26,28,32,39-40H,17-18,20-21,24-25H2,1-11H3/t26?,28-,32+. The van der Waals surface area contributed by atoms with E-state index >= 15 is 0 Å². The maximum Gasteiger partial charge on any atom is 0.137 e. The van der Waals surface area contributed by atoms with E-state index in [-0.39, 0.29) is 34.1 Å². The van der Waals surface area contributed by atoms with Gasteiger partial charge in [0, 0.05) is 46.6 Å². The lowest BCUT2D eigenvalue weighted by atomic mass is 9.79. The number of hydrogen-bond acceptors (Lipinski definition) is 6.